The molecular weight excluding hydrogens is 202 g/mol. The topological polar surface area (TPSA) is 81.1 Å². The van der Waals surface area contributed by atoms with Gasteiger partial charge in [-0.2, -0.15) is 0 Å². The maximum atomic E-state index is 11.0. The first kappa shape index (κ1) is 12.1. The molecule has 0 spiro atoms. The van der Waals surface area contributed by atoms with E-state index in [-0.39, 0.29) is 6.04 Å². The fourth-order valence-electron chi connectivity index (χ4n) is 1.41. The fourth-order valence-corrected chi connectivity index (χ4v) is 1.41. The second-order valence-corrected chi connectivity index (χ2v) is 3.74. The van der Waals surface area contributed by atoms with E-state index < -0.39 is 5.91 Å². The zero-order chi connectivity index (χ0) is 12.1. The van der Waals surface area contributed by atoms with Gasteiger partial charge >= 0.3 is 0 Å². The first-order valence-electron chi connectivity index (χ1n) is 5.11. The second-order valence-electron chi connectivity index (χ2n) is 3.74. The van der Waals surface area contributed by atoms with Gasteiger partial charge in [0.15, 0.2) is 0 Å². The third-order valence-electron chi connectivity index (χ3n) is 2.26. The lowest BCUT2D eigenvalue weighted by atomic mass is 10.1. The van der Waals surface area contributed by atoms with Crippen molar-refractivity contribution in [3.8, 4) is 0 Å². The summed E-state index contributed by atoms with van der Waals surface area (Å²) >= 11 is 0. The maximum absolute atomic E-state index is 11.0. The molecule has 1 amide bonds. The zero-order valence-electron chi connectivity index (χ0n) is 9.36. The molecule has 1 atom stereocenters. The second kappa shape index (κ2) is 5.21. The van der Waals surface area contributed by atoms with Crippen LogP contribution in [0.15, 0.2) is 30.9 Å². The van der Waals surface area contributed by atoms with Crippen molar-refractivity contribution in [3.05, 3.63) is 36.4 Å². The van der Waals surface area contributed by atoms with Crippen LogP contribution in [0.4, 0.5) is 11.4 Å². The van der Waals surface area contributed by atoms with Gasteiger partial charge in [-0.05, 0) is 31.5 Å². The van der Waals surface area contributed by atoms with Gasteiger partial charge in [-0.3, -0.25) is 4.79 Å². The molecule has 0 radical (unpaired) electrons. The molecule has 0 heterocycles. The van der Waals surface area contributed by atoms with E-state index in [0.29, 0.717) is 11.3 Å². The predicted octanol–water partition coefficient (Wildman–Crippen LogP) is 1.74. The van der Waals surface area contributed by atoms with Crippen LogP contribution < -0.4 is 16.8 Å². The van der Waals surface area contributed by atoms with Gasteiger partial charge in [0.05, 0.1) is 11.4 Å². The van der Waals surface area contributed by atoms with E-state index in [2.05, 4.69) is 11.9 Å². The Balaban J connectivity index is 2.89. The molecule has 0 saturated heterocycles. The Morgan fingerprint density at radius 2 is 2.31 bits per heavy atom. The van der Waals surface area contributed by atoms with Gasteiger partial charge in [-0.15, -0.1) is 6.58 Å². The lowest BCUT2D eigenvalue weighted by Gasteiger charge is -2.15. The quantitative estimate of drug-likeness (QED) is 0.521. The Bertz CT molecular complexity index is 401. The standard InChI is InChI=1S/C12H17N3O/c1-3-4-8(2)15-11-7-9(12(14)16)5-6-10(11)13/h3,5-8,15H,1,4,13H2,2H3,(H2,14,16). The SMILES string of the molecule is C=CCC(C)Nc1cc(C(N)=O)ccc1N. The van der Waals surface area contributed by atoms with Crippen molar-refractivity contribution < 1.29 is 4.79 Å². The highest BCUT2D eigenvalue weighted by Crippen LogP contribution is 2.21. The molecule has 0 fully saturated rings. The van der Waals surface area contributed by atoms with Gasteiger partial charge in [0.25, 0.3) is 0 Å². The highest BCUT2D eigenvalue weighted by Gasteiger charge is 2.07. The number of benzene rings is 1. The van der Waals surface area contributed by atoms with Crippen molar-refractivity contribution >= 4 is 17.3 Å². The minimum Gasteiger partial charge on any atom is -0.397 e. The van der Waals surface area contributed by atoms with Crippen molar-refractivity contribution in [2.45, 2.75) is 19.4 Å². The first-order chi connectivity index (χ1) is 7.54. The van der Waals surface area contributed by atoms with Crippen LogP contribution in [0.5, 0.6) is 0 Å². The third-order valence-corrected chi connectivity index (χ3v) is 2.26. The maximum Gasteiger partial charge on any atom is 0.248 e. The van der Waals surface area contributed by atoms with Crippen molar-refractivity contribution in [1.29, 1.82) is 0 Å². The van der Waals surface area contributed by atoms with Crippen LogP contribution >= 0.6 is 0 Å². The number of carbonyl (C=O) groups is 1. The monoisotopic (exact) mass is 219 g/mol. The predicted molar refractivity (Wildman–Crippen MR) is 67.3 cm³/mol. The van der Waals surface area contributed by atoms with Crippen LogP contribution in [0.1, 0.15) is 23.7 Å². The molecule has 0 saturated carbocycles. The molecule has 1 aromatic rings. The Kier molecular flexibility index (Phi) is 3.94. The lowest BCUT2D eigenvalue weighted by Crippen LogP contribution is -2.17. The summed E-state index contributed by atoms with van der Waals surface area (Å²) < 4.78 is 0. The smallest absolute Gasteiger partial charge is 0.248 e. The molecule has 5 N–H and O–H groups in total. The lowest BCUT2D eigenvalue weighted by molar-refractivity contribution is 0.100. The van der Waals surface area contributed by atoms with Crippen LogP contribution in [0.3, 0.4) is 0 Å². The number of primary amides is 1. The Morgan fingerprint density at radius 1 is 1.62 bits per heavy atom. The van der Waals surface area contributed by atoms with E-state index in [0.717, 1.165) is 12.1 Å². The number of hydrogen-bond acceptors (Lipinski definition) is 3. The molecule has 4 heteroatoms. The van der Waals surface area contributed by atoms with Gasteiger partial charge < -0.3 is 16.8 Å². The number of amides is 1. The summed E-state index contributed by atoms with van der Waals surface area (Å²) in [6.45, 7) is 5.68. The molecular formula is C12H17N3O. The number of hydrogen-bond donors (Lipinski definition) is 3. The number of anilines is 2. The zero-order valence-corrected chi connectivity index (χ0v) is 9.36. The van der Waals surface area contributed by atoms with E-state index in [1.807, 2.05) is 13.0 Å². The van der Waals surface area contributed by atoms with Crippen molar-refractivity contribution in [2.75, 3.05) is 11.1 Å². The normalized spacial score (nSPS) is 11.8. The summed E-state index contributed by atoms with van der Waals surface area (Å²) in [5, 5.41) is 3.20. The van der Waals surface area contributed by atoms with Gasteiger partial charge in [-0.1, -0.05) is 6.08 Å². The van der Waals surface area contributed by atoms with Gasteiger partial charge in [-0.25, -0.2) is 0 Å². The molecule has 1 unspecified atom stereocenters. The molecule has 1 rings (SSSR count). The number of nitrogens with two attached hydrogens (primary N) is 2. The van der Waals surface area contributed by atoms with E-state index in [1.54, 1.807) is 18.2 Å². The van der Waals surface area contributed by atoms with Crippen LogP contribution in [-0.2, 0) is 0 Å². The molecule has 0 aromatic heterocycles. The summed E-state index contributed by atoms with van der Waals surface area (Å²) in [5.74, 6) is -0.459. The van der Waals surface area contributed by atoms with Crippen molar-refractivity contribution in [2.24, 2.45) is 5.73 Å². The van der Waals surface area contributed by atoms with Gasteiger partial charge in [0, 0.05) is 11.6 Å². The average Bonchev–Trinajstić information content (AvgIpc) is 2.21. The molecule has 0 aliphatic carbocycles. The van der Waals surface area contributed by atoms with E-state index in [1.165, 1.54) is 0 Å². The third kappa shape index (κ3) is 3.02. The molecule has 0 aliphatic rings. The van der Waals surface area contributed by atoms with E-state index >= 15 is 0 Å². The minimum absolute atomic E-state index is 0.211. The summed E-state index contributed by atoms with van der Waals surface area (Å²) in [4.78, 5) is 11.0. The molecule has 86 valence electrons. The molecule has 4 nitrogen and oxygen atoms in total. The molecule has 0 bridgehead atoms. The summed E-state index contributed by atoms with van der Waals surface area (Å²) in [6, 6.07) is 5.16. The molecule has 16 heavy (non-hydrogen) atoms. The Labute approximate surface area is 95.3 Å². The summed E-state index contributed by atoms with van der Waals surface area (Å²) in [5.41, 5.74) is 12.8. The van der Waals surface area contributed by atoms with Crippen LogP contribution in [-0.4, -0.2) is 11.9 Å². The van der Waals surface area contributed by atoms with Crippen LogP contribution in [0.2, 0.25) is 0 Å². The Hall–Kier alpha value is -1.97. The molecule has 0 aliphatic heterocycles. The molecule has 1 aromatic carbocycles. The van der Waals surface area contributed by atoms with Crippen LogP contribution in [0, 0.1) is 0 Å². The summed E-state index contributed by atoms with van der Waals surface area (Å²) in [6.07, 6.45) is 2.64. The van der Waals surface area contributed by atoms with Crippen molar-refractivity contribution in [1.82, 2.24) is 0 Å². The first-order valence-corrected chi connectivity index (χ1v) is 5.11. The van der Waals surface area contributed by atoms with E-state index in [9.17, 15) is 4.79 Å². The highest BCUT2D eigenvalue weighted by atomic mass is 16.1. The average molecular weight is 219 g/mol. The van der Waals surface area contributed by atoms with Gasteiger partial charge in [0.2, 0.25) is 5.91 Å². The van der Waals surface area contributed by atoms with Gasteiger partial charge in [0.1, 0.15) is 0 Å². The van der Waals surface area contributed by atoms with E-state index in [4.69, 9.17) is 11.5 Å². The number of nitrogen functional groups attached to an aromatic ring is 1. The number of nitrogens with one attached hydrogen (secondary N) is 1. The van der Waals surface area contributed by atoms with Crippen LogP contribution in [0.25, 0.3) is 0 Å². The van der Waals surface area contributed by atoms with Crippen molar-refractivity contribution in [3.63, 3.8) is 0 Å². The number of carbonyl (C=O) groups excluding carboxylic acids is 1. The largest absolute Gasteiger partial charge is 0.397 e. The highest BCUT2D eigenvalue weighted by molar-refractivity contribution is 5.94. The summed E-state index contributed by atoms with van der Waals surface area (Å²) in [7, 11) is 0. The fraction of sp³-hybridized carbons (Fsp3) is 0.250. The number of rotatable bonds is 5. The Morgan fingerprint density at radius 3 is 2.88 bits per heavy atom. The minimum atomic E-state index is -0.459.